The summed E-state index contributed by atoms with van der Waals surface area (Å²) in [7, 11) is 0. The highest BCUT2D eigenvalue weighted by atomic mass is 35.5. The minimum atomic E-state index is 0.498. The van der Waals surface area contributed by atoms with Crippen LogP contribution in [0.15, 0.2) is 24.5 Å². The van der Waals surface area contributed by atoms with E-state index in [1.807, 2.05) is 0 Å². The maximum Gasteiger partial charge on any atom is 0.0692 e. The van der Waals surface area contributed by atoms with Gasteiger partial charge >= 0.3 is 0 Å². The van der Waals surface area contributed by atoms with Crippen LogP contribution in [0, 0.1) is 0 Å². The van der Waals surface area contributed by atoms with Crippen molar-refractivity contribution in [2.24, 2.45) is 0 Å². The van der Waals surface area contributed by atoms with Gasteiger partial charge in [-0.25, -0.2) is 0 Å². The second kappa shape index (κ2) is 6.38. The minimum absolute atomic E-state index is 0.498. The number of hydrogen-bond donors (Lipinski definition) is 1. The van der Waals surface area contributed by atoms with E-state index in [0.717, 1.165) is 18.7 Å². The molecule has 2 rings (SSSR count). The molecule has 0 amide bonds. The molecule has 0 aliphatic carbocycles. The summed E-state index contributed by atoms with van der Waals surface area (Å²) in [5.74, 6) is 0. The first-order valence-corrected chi connectivity index (χ1v) is 6.49. The number of nitrogens with one attached hydrogen (secondary N) is 1. The van der Waals surface area contributed by atoms with Crippen LogP contribution in [-0.2, 0) is 13.1 Å². The Morgan fingerprint density at radius 1 is 1.17 bits per heavy atom. The van der Waals surface area contributed by atoms with Crippen molar-refractivity contribution in [2.75, 3.05) is 6.54 Å². The fourth-order valence-corrected chi connectivity index (χ4v) is 2.17. The molecule has 7 heteroatoms. The number of nitrogens with zero attached hydrogens (tertiary/aromatic N) is 3. The van der Waals surface area contributed by atoms with E-state index in [1.54, 1.807) is 29.2 Å². The monoisotopic (exact) mass is 304 g/mol. The van der Waals surface area contributed by atoms with E-state index in [4.69, 9.17) is 34.8 Å². The molecule has 0 saturated carbocycles. The van der Waals surface area contributed by atoms with E-state index in [9.17, 15) is 0 Å². The Morgan fingerprint density at radius 2 is 1.94 bits per heavy atom. The molecule has 1 aromatic heterocycles. The molecule has 96 valence electrons. The van der Waals surface area contributed by atoms with Gasteiger partial charge in [-0.15, -0.1) is 5.10 Å². The Bertz CT molecular complexity index is 513. The predicted octanol–water partition coefficient (Wildman–Crippen LogP) is 3.03. The molecular formula is C11H11Cl3N4. The second-order valence-electron chi connectivity index (χ2n) is 3.66. The third-order valence-corrected chi connectivity index (χ3v) is 3.63. The lowest BCUT2D eigenvalue weighted by molar-refractivity contribution is 0.540. The van der Waals surface area contributed by atoms with Gasteiger partial charge in [-0.05, 0) is 12.1 Å². The van der Waals surface area contributed by atoms with Crippen molar-refractivity contribution < 1.29 is 0 Å². The first kappa shape index (κ1) is 13.6. The summed E-state index contributed by atoms with van der Waals surface area (Å²) in [5, 5.41) is 12.4. The zero-order valence-corrected chi connectivity index (χ0v) is 11.7. The standard InChI is InChI=1S/C11H11Cl3N4/c12-9-1-2-10(13)11(14)8(9)7-15-3-5-18-6-4-16-17-18/h1-2,4,6,15H,3,5,7H2. The summed E-state index contributed by atoms with van der Waals surface area (Å²) in [6.45, 7) is 2.03. The van der Waals surface area contributed by atoms with Crippen LogP contribution in [0.4, 0.5) is 0 Å². The van der Waals surface area contributed by atoms with Crippen molar-refractivity contribution in [3.05, 3.63) is 45.2 Å². The Kier molecular flexibility index (Phi) is 4.83. The summed E-state index contributed by atoms with van der Waals surface area (Å²) in [6.07, 6.45) is 3.45. The first-order valence-electron chi connectivity index (χ1n) is 5.35. The Morgan fingerprint density at radius 3 is 2.67 bits per heavy atom. The highest BCUT2D eigenvalue weighted by Crippen LogP contribution is 2.31. The molecule has 0 saturated heterocycles. The number of halogens is 3. The lowest BCUT2D eigenvalue weighted by Gasteiger charge is -2.09. The fraction of sp³-hybridized carbons (Fsp3) is 0.273. The summed E-state index contributed by atoms with van der Waals surface area (Å²) in [6, 6.07) is 3.43. The van der Waals surface area contributed by atoms with Crippen molar-refractivity contribution in [1.82, 2.24) is 20.3 Å². The smallest absolute Gasteiger partial charge is 0.0692 e. The molecule has 0 bridgehead atoms. The van der Waals surface area contributed by atoms with E-state index in [1.165, 1.54) is 0 Å². The number of rotatable bonds is 5. The van der Waals surface area contributed by atoms with Crippen LogP contribution in [0.2, 0.25) is 15.1 Å². The predicted molar refractivity (Wildman–Crippen MR) is 73.2 cm³/mol. The maximum atomic E-state index is 6.09. The first-order chi connectivity index (χ1) is 8.68. The van der Waals surface area contributed by atoms with E-state index < -0.39 is 0 Å². The molecule has 1 N–H and O–H groups in total. The van der Waals surface area contributed by atoms with Gasteiger partial charge in [-0.2, -0.15) is 0 Å². The number of hydrogen-bond acceptors (Lipinski definition) is 3. The molecule has 1 heterocycles. The van der Waals surface area contributed by atoms with Crippen molar-refractivity contribution in [1.29, 1.82) is 0 Å². The molecule has 0 unspecified atom stereocenters. The van der Waals surface area contributed by atoms with Crippen LogP contribution in [0.25, 0.3) is 0 Å². The summed E-state index contributed by atoms with van der Waals surface area (Å²) >= 11 is 18.1. The normalized spacial score (nSPS) is 10.8. The minimum Gasteiger partial charge on any atom is -0.311 e. The molecule has 4 nitrogen and oxygen atoms in total. The fourth-order valence-electron chi connectivity index (χ4n) is 1.49. The van der Waals surface area contributed by atoms with Crippen LogP contribution in [-0.4, -0.2) is 21.5 Å². The van der Waals surface area contributed by atoms with Crippen LogP contribution in [0.5, 0.6) is 0 Å². The topological polar surface area (TPSA) is 42.7 Å². The summed E-state index contributed by atoms with van der Waals surface area (Å²) in [5.41, 5.74) is 0.810. The summed E-state index contributed by atoms with van der Waals surface area (Å²) < 4.78 is 1.74. The lowest BCUT2D eigenvalue weighted by Crippen LogP contribution is -2.20. The number of benzene rings is 1. The molecule has 0 spiro atoms. The molecule has 0 radical (unpaired) electrons. The third-order valence-electron chi connectivity index (χ3n) is 2.43. The van der Waals surface area contributed by atoms with Gasteiger partial charge in [0.2, 0.25) is 0 Å². The van der Waals surface area contributed by atoms with Gasteiger partial charge in [-0.1, -0.05) is 40.0 Å². The Balaban J connectivity index is 1.88. The van der Waals surface area contributed by atoms with Gasteiger partial charge in [0.1, 0.15) is 0 Å². The van der Waals surface area contributed by atoms with Crippen LogP contribution < -0.4 is 5.32 Å². The lowest BCUT2D eigenvalue weighted by atomic mass is 10.2. The largest absolute Gasteiger partial charge is 0.311 e. The average molecular weight is 306 g/mol. The molecule has 2 aromatic rings. The quantitative estimate of drug-likeness (QED) is 0.682. The molecular weight excluding hydrogens is 295 g/mol. The zero-order valence-electron chi connectivity index (χ0n) is 9.41. The second-order valence-corrected chi connectivity index (χ2v) is 4.86. The SMILES string of the molecule is Clc1ccc(Cl)c(CNCCn2ccnn2)c1Cl. The molecule has 0 fully saturated rings. The molecule has 0 atom stereocenters. The van der Waals surface area contributed by atoms with Crippen molar-refractivity contribution in [3.8, 4) is 0 Å². The Hall–Kier alpha value is -0.810. The van der Waals surface area contributed by atoms with Gasteiger partial charge in [0.25, 0.3) is 0 Å². The van der Waals surface area contributed by atoms with Crippen molar-refractivity contribution >= 4 is 34.8 Å². The molecule has 0 aliphatic heterocycles. The van der Waals surface area contributed by atoms with E-state index >= 15 is 0 Å². The highest BCUT2D eigenvalue weighted by Gasteiger charge is 2.08. The maximum absolute atomic E-state index is 6.09. The molecule has 1 aromatic carbocycles. The van der Waals surface area contributed by atoms with E-state index in [-0.39, 0.29) is 0 Å². The van der Waals surface area contributed by atoms with Crippen LogP contribution in [0.1, 0.15) is 5.56 Å². The van der Waals surface area contributed by atoms with Gasteiger partial charge < -0.3 is 5.32 Å². The van der Waals surface area contributed by atoms with Crippen LogP contribution in [0.3, 0.4) is 0 Å². The van der Waals surface area contributed by atoms with Crippen molar-refractivity contribution in [2.45, 2.75) is 13.1 Å². The van der Waals surface area contributed by atoms with E-state index in [2.05, 4.69) is 15.6 Å². The van der Waals surface area contributed by atoms with Crippen LogP contribution >= 0.6 is 34.8 Å². The van der Waals surface area contributed by atoms with E-state index in [0.29, 0.717) is 21.6 Å². The van der Waals surface area contributed by atoms with Gasteiger partial charge in [0.05, 0.1) is 22.8 Å². The molecule has 18 heavy (non-hydrogen) atoms. The number of aromatic nitrogens is 3. The average Bonchev–Trinajstić information content (AvgIpc) is 2.86. The zero-order chi connectivity index (χ0) is 13.0. The molecule has 0 aliphatic rings. The van der Waals surface area contributed by atoms with Gasteiger partial charge in [-0.3, -0.25) is 4.68 Å². The summed E-state index contributed by atoms with van der Waals surface area (Å²) in [4.78, 5) is 0. The Labute approximate surface area is 120 Å². The highest BCUT2D eigenvalue weighted by molar-refractivity contribution is 6.44. The van der Waals surface area contributed by atoms with Crippen molar-refractivity contribution in [3.63, 3.8) is 0 Å². The van der Waals surface area contributed by atoms with Gasteiger partial charge in [0.15, 0.2) is 0 Å². The van der Waals surface area contributed by atoms with Gasteiger partial charge in [0, 0.05) is 29.9 Å². The third kappa shape index (κ3) is 3.36.